The van der Waals surface area contributed by atoms with Crippen LogP contribution in [0.4, 0.5) is 0 Å². The smallest absolute Gasteiger partial charge is 0.220 e. The molecular weight excluding hydrogens is 891 g/mol. The molecule has 4 heteroatoms. The van der Waals surface area contributed by atoms with E-state index in [4.69, 9.17) is 0 Å². The van der Waals surface area contributed by atoms with Crippen LogP contribution in [0.2, 0.25) is 0 Å². The predicted octanol–water partition coefficient (Wildman–Crippen LogP) is 23.0. The van der Waals surface area contributed by atoms with Gasteiger partial charge in [-0.15, -0.1) is 0 Å². The molecule has 0 aromatic heterocycles. The van der Waals surface area contributed by atoms with Gasteiger partial charge in [-0.1, -0.05) is 366 Å². The van der Waals surface area contributed by atoms with Crippen molar-refractivity contribution in [1.29, 1.82) is 0 Å². The van der Waals surface area contributed by atoms with E-state index >= 15 is 0 Å². The third kappa shape index (κ3) is 61.6. The summed E-state index contributed by atoms with van der Waals surface area (Å²) in [5, 5.41) is 23.5. The number of rotatable bonds is 64. The maximum absolute atomic E-state index is 12.6. The summed E-state index contributed by atoms with van der Waals surface area (Å²) in [4.78, 5) is 12.6. The van der Waals surface area contributed by atoms with Crippen molar-refractivity contribution in [3.63, 3.8) is 0 Å². The van der Waals surface area contributed by atoms with Gasteiger partial charge >= 0.3 is 0 Å². The third-order valence-electron chi connectivity index (χ3n) is 16.2. The Morgan fingerprint density at radius 1 is 0.329 bits per heavy atom. The number of hydrogen-bond donors (Lipinski definition) is 3. The SMILES string of the molecule is CCCCCCC/C=C\C/C=C\CCCCCCCCCCCCCCCCCCCC(=O)NC(CO)C(O)CCCCCCCCCCCCCCCCCCCCCCCCCCCCCCCCCC. The van der Waals surface area contributed by atoms with Crippen molar-refractivity contribution in [2.75, 3.05) is 6.61 Å². The molecular formula is C69H135NO3. The fourth-order valence-electron chi connectivity index (χ4n) is 11.0. The molecule has 0 radical (unpaired) electrons. The Hall–Kier alpha value is -1.13. The molecule has 73 heavy (non-hydrogen) atoms. The quantitative estimate of drug-likeness (QED) is 0.0420. The summed E-state index contributed by atoms with van der Waals surface area (Å²) in [5.74, 6) is -0.0231. The highest BCUT2D eigenvalue weighted by molar-refractivity contribution is 5.76. The van der Waals surface area contributed by atoms with Gasteiger partial charge in [0.25, 0.3) is 0 Å². The number of allylic oxidation sites excluding steroid dienone is 4. The van der Waals surface area contributed by atoms with Crippen LogP contribution >= 0.6 is 0 Å². The molecule has 3 N–H and O–H groups in total. The molecule has 0 heterocycles. The first kappa shape index (κ1) is 71.9. The van der Waals surface area contributed by atoms with E-state index in [1.807, 2.05) is 0 Å². The molecule has 4 nitrogen and oxygen atoms in total. The van der Waals surface area contributed by atoms with Crippen LogP contribution in [0, 0.1) is 0 Å². The van der Waals surface area contributed by atoms with Gasteiger partial charge in [0.1, 0.15) is 0 Å². The molecule has 0 aromatic rings. The van der Waals surface area contributed by atoms with Crippen LogP contribution in [-0.4, -0.2) is 34.9 Å². The van der Waals surface area contributed by atoms with Gasteiger partial charge in [-0.25, -0.2) is 0 Å². The van der Waals surface area contributed by atoms with E-state index in [2.05, 4.69) is 43.5 Å². The van der Waals surface area contributed by atoms with Gasteiger partial charge in [-0.05, 0) is 44.9 Å². The van der Waals surface area contributed by atoms with Crippen LogP contribution in [0.25, 0.3) is 0 Å². The number of aliphatic hydroxyl groups is 2. The van der Waals surface area contributed by atoms with Crippen LogP contribution in [0.15, 0.2) is 24.3 Å². The molecule has 0 aliphatic rings. The zero-order valence-corrected chi connectivity index (χ0v) is 50.2. The Morgan fingerprint density at radius 2 is 0.562 bits per heavy atom. The summed E-state index contributed by atoms with van der Waals surface area (Å²) in [6.45, 7) is 4.40. The van der Waals surface area contributed by atoms with Crippen molar-refractivity contribution in [2.24, 2.45) is 0 Å². The van der Waals surface area contributed by atoms with Crippen molar-refractivity contribution in [3.8, 4) is 0 Å². The van der Waals surface area contributed by atoms with E-state index in [0.29, 0.717) is 12.8 Å². The lowest BCUT2D eigenvalue weighted by Crippen LogP contribution is -2.45. The number of nitrogens with one attached hydrogen (secondary N) is 1. The van der Waals surface area contributed by atoms with E-state index in [1.165, 1.54) is 334 Å². The summed E-state index contributed by atoms with van der Waals surface area (Å²) >= 11 is 0. The van der Waals surface area contributed by atoms with Gasteiger partial charge < -0.3 is 15.5 Å². The minimum atomic E-state index is -0.659. The first-order chi connectivity index (χ1) is 36.2. The van der Waals surface area contributed by atoms with Gasteiger partial charge in [0.05, 0.1) is 18.8 Å². The lowest BCUT2D eigenvalue weighted by molar-refractivity contribution is -0.123. The van der Waals surface area contributed by atoms with Crippen molar-refractivity contribution in [1.82, 2.24) is 5.32 Å². The van der Waals surface area contributed by atoms with Crippen molar-refractivity contribution in [2.45, 2.75) is 405 Å². The van der Waals surface area contributed by atoms with Gasteiger partial charge in [-0.3, -0.25) is 4.79 Å². The summed E-state index contributed by atoms with van der Waals surface area (Å²) in [6, 6.07) is -0.536. The standard InChI is InChI=1S/C69H135NO3/c1-3-5-7-9-11-13-15-17-19-21-23-25-27-29-31-33-34-35-37-38-40-42-44-46-48-50-52-54-56-58-60-62-64-68(72)67(66-71)70-69(73)65-63-61-59-57-55-53-51-49-47-45-43-41-39-36-32-30-28-26-24-22-20-18-16-14-12-10-8-6-4-2/h16,18,22,24,67-68,71-72H,3-15,17,19-21,23,25-66H2,1-2H3,(H,70,73)/b18-16-,24-22-. The molecule has 0 bridgehead atoms. The van der Waals surface area contributed by atoms with E-state index in [-0.39, 0.29) is 12.5 Å². The van der Waals surface area contributed by atoms with Crippen molar-refractivity contribution in [3.05, 3.63) is 24.3 Å². The molecule has 0 fully saturated rings. The van der Waals surface area contributed by atoms with Gasteiger partial charge in [0, 0.05) is 6.42 Å². The Bertz CT molecular complexity index is 1070. The van der Waals surface area contributed by atoms with Crippen LogP contribution < -0.4 is 5.32 Å². The number of unbranched alkanes of at least 4 members (excludes halogenated alkanes) is 53. The summed E-state index contributed by atoms with van der Waals surface area (Å²) in [6.07, 6.45) is 88.0. The van der Waals surface area contributed by atoms with Crippen molar-refractivity contribution < 1.29 is 15.0 Å². The number of amides is 1. The number of hydrogen-bond acceptors (Lipinski definition) is 3. The topological polar surface area (TPSA) is 69.6 Å². The molecule has 2 unspecified atom stereocenters. The second-order valence-corrected chi connectivity index (χ2v) is 23.6. The van der Waals surface area contributed by atoms with Gasteiger partial charge in [-0.2, -0.15) is 0 Å². The molecule has 0 rings (SSSR count). The van der Waals surface area contributed by atoms with E-state index in [1.54, 1.807) is 0 Å². The molecule has 1 amide bonds. The molecule has 434 valence electrons. The van der Waals surface area contributed by atoms with Gasteiger partial charge in [0.15, 0.2) is 0 Å². The molecule has 0 saturated heterocycles. The van der Waals surface area contributed by atoms with Crippen LogP contribution in [0.1, 0.15) is 393 Å². The minimum Gasteiger partial charge on any atom is -0.394 e. The number of carbonyl (C=O) groups excluding carboxylic acids is 1. The van der Waals surface area contributed by atoms with Gasteiger partial charge in [0.2, 0.25) is 5.91 Å². The molecule has 0 aliphatic carbocycles. The fraction of sp³-hybridized carbons (Fsp3) is 0.928. The average molecular weight is 1030 g/mol. The highest BCUT2D eigenvalue weighted by atomic mass is 16.3. The Morgan fingerprint density at radius 3 is 0.822 bits per heavy atom. The molecule has 0 spiro atoms. The molecule has 0 aliphatic heterocycles. The molecule has 2 atom stereocenters. The number of carbonyl (C=O) groups is 1. The third-order valence-corrected chi connectivity index (χ3v) is 16.2. The fourth-order valence-corrected chi connectivity index (χ4v) is 11.0. The van der Waals surface area contributed by atoms with E-state index in [0.717, 1.165) is 32.1 Å². The molecule has 0 aromatic carbocycles. The van der Waals surface area contributed by atoms with E-state index in [9.17, 15) is 15.0 Å². The summed E-state index contributed by atoms with van der Waals surface area (Å²) in [7, 11) is 0. The Kier molecular flexibility index (Phi) is 64.1. The predicted molar refractivity (Wildman–Crippen MR) is 327 cm³/mol. The largest absolute Gasteiger partial charge is 0.394 e. The van der Waals surface area contributed by atoms with Crippen molar-refractivity contribution >= 4 is 5.91 Å². The summed E-state index contributed by atoms with van der Waals surface area (Å²) < 4.78 is 0. The first-order valence-electron chi connectivity index (χ1n) is 34.0. The minimum absolute atomic E-state index is 0.0231. The van der Waals surface area contributed by atoms with Crippen LogP contribution in [0.3, 0.4) is 0 Å². The maximum Gasteiger partial charge on any atom is 0.220 e. The zero-order chi connectivity index (χ0) is 52.7. The lowest BCUT2D eigenvalue weighted by atomic mass is 10.0. The highest BCUT2D eigenvalue weighted by Crippen LogP contribution is 2.19. The van der Waals surface area contributed by atoms with Crippen LogP contribution in [-0.2, 0) is 4.79 Å². The zero-order valence-electron chi connectivity index (χ0n) is 50.2. The second-order valence-electron chi connectivity index (χ2n) is 23.6. The highest BCUT2D eigenvalue weighted by Gasteiger charge is 2.20. The number of aliphatic hydroxyl groups excluding tert-OH is 2. The Labute approximate surface area is 459 Å². The summed E-state index contributed by atoms with van der Waals surface area (Å²) in [5.41, 5.74) is 0. The lowest BCUT2D eigenvalue weighted by Gasteiger charge is -2.22. The second kappa shape index (κ2) is 65.2. The average Bonchev–Trinajstić information content (AvgIpc) is 3.40. The Balaban J connectivity index is 3.38. The monoisotopic (exact) mass is 1030 g/mol. The molecule has 0 saturated carbocycles. The maximum atomic E-state index is 12.6. The normalized spacial score (nSPS) is 12.8. The van der Waals surface area contributed by atoms with Crippen LogP contribution in [0.5, 0.6) is 0 Å². The van der Waals surface area contributed by atoms with E-state index < -0.39 is 12.1 Å². The first-order valence-corrected chi connectivity index (χ1v) is 34.0.